The van der Waals surface area contributed by atoms with E-state index in [1.165, 1.54) is 12.5 Å². The molecule has 0 aromatic carbocycles. The third-order valence-electron chi connectivity index (χ3n) is 2.85. The molecule has 1 saturated heterocycles. The highest BCUT2D eigenvalue weighted by Crippen LogP contribution is 2.10. The van der Waals surface area contributed by atoms with Crippen LogP contribution in [0.5, 0.6) is 6.01 Å². The van der Waals surface area contributed by atoms with Crippen LogP contribution in [0.2, 0.25) is 0 Å². The van der Waals surface area contributed by atoms with E-state index in [9.17, 15) is 4.79 Å². The second-order valence-electron chi connectivity index (χ2n) is 4.13. The van der Waals surface area contributed by atoms with Gasteiger partial charge in [-0.05, 0) is 26.3 Å². The average molecular weight is 223 g/mol. The first-order valence-corrected chi connectivity index (χ1v) is 5.56. The van der Waals surface area contributed by atoms with Gasteiger partial charge < -0.3 is 10.1 Å². The molecule has 16 heavy (non-hydrogen) atoms. The maximum Gasteiger partial charge on any atom is 0.299 e. The first-order chi connectivity index (χ1) is 7.70. The maximum absolute atomic E-state index is 11.8. The minimum absolute atomic E-state index is 0.0435. The van der Waals surface area contributed by atoms with Gasteiger partial charge in [0.2, 0.25) is 0 Å². The van der Waals surface area contributed by atoms with Gasteiger partial charge in [-0.2, -0.15) is 0 Å². The van der Waals surface area contributed by atoms with Crippen molar-refractivity contribution >= 4 is 0 Å². The molecule has 5 heteroatoms. The Morgan fingerprint density at radius 1 is 1.69 bits per heavy atom. The van der Waals surface area contributed by atoms with E-state index in [4.69, 9.17) is 4.74 Å². The van der Waals surface area contributed by atoms with Crippen LogP contribution in [0.3, 0.4) is 0 Å². The zero-order chi connectivity index (χ0) is 11.5. The highest BCUT2D eigenvalue weighted by Gasteiger charge is 2.17. The second kappa shape index (κ2) is 4.65. The number of hydrogen-bond acceptors (Lipinski definition) is 4. The molecule has 1 aliphatic heterocycles. The van der Waals surface area contributed by atoms with Crippen LogP contribution in [0.4, 0.5) is 0 Å². The lowest BCUT2D eigenvalue weighted by atomic mass is 10.2. The van der Waals surface area contributed by atoms with Gasteiger partial charge in [0.1, 0.15) is 0 Å². The Hall–Kier alpha value is -1.36. The predicted molar refractivity (Wildman–Crippen MR) is 60.8 cm³/mol. The first-order valence-electron chi connectivity index (χ1n) is 5.56. The highest BCUT2D eigenvalue weighted by molar-refractivity contribution is 5.07. The average Bonchev–Trinajstić information content (AvgIpc) is 2.74. The summed E-state index contributed by atoms with van der Waals surface area (Å²) < 4.78 is 6.73. The lowest BCUT2D eigenvalue weighted by Gasteiger charge is -2.15. The van der Waals surface area contributed by atoms with Crippen LogP contribution >= 0.6 is 0 Å². The van der Waals surface area contributed by atoms with Crippen LogP contribution in [0, 0.1) is 6.92 Å². The lowest BCUT2D eigenvalue weighted by Crippen LogP contribution is -2.33. The molecule has 1 fully saturated rings. The van der Waals surface area contributed by atoms with Crippen LogP contribution in [0.1, 0.15) is 18.5 Å². The topological polar surface area (TPSA) is 56.1 Å². The van der Waals surface area contributed by atoms with Crippen LogP contribution in [0.15, 0.2) is 10.9 Å². The van der Waals surface area contributed by atoms with Gasteiger partial charge in [0.25, 0.3) is 11.6 Å². The molecular formula is C11H17N3O2. The van der Waals surface area contributed by atoms with E-state index in [1.54, 1.807) is 18.6 Å². The molecule has 1 aromatic rings. The molecule has 0 amide bonds. The molecule has 2 heterocycles. The largest absolute Gasteiger partial charge is 0.468 e. The molecule has 1 N–H and O–H groups in total. The zero-order valence-electron chi connectivity index (χ0n) is 9.69. The van der Waals surface area contributed by atoms with Crippen LogP contribution in [-0.2, 0) is 6.54 Å². The smallest absolute Gasteiger partial charge is 0.299 e. The monoisotopic (exact) mass is 223 g/mol. The molecule has 2 rings (SSSR count). The molecule has 1 aromatic heterocycles. The molecule has 1 aliphatic rings. The fourth-order valence-electron chi connectivity index (χ4n) is 2.05. The fraction of sp³-hybridized carbons (Fsp3) is 0.636. The van der Waals surface area contributed by atoms with E-state index in [1.807, 2.05) is 0 Å². The molecule has 0 radical (unpaired) electrons. The fourth-order valence-corrected chi connectivity index (χ4v) is 2.05. The summed E-state index contributed by atoms with van der Waals surface area (Å²) in [6.45, 7) is 3.46. The predicted octanol–water partition coefficient (Wildman–Crippen LogP) is 0.312. The SMILES string of the molecule is COc1nc(C)cc(=O)n1CC1CCCN1. The van der Waals surface area contributed by atoms with Crippen LogP contribution in [-0.4, -0.2) is 29.2 Å². The minimum Gasteiger partial charge on any atom is -0.468 e. The van der Waals surface area contributed by atoms with E-state index < -0.39 is 0 Å². The summed E-state index contributed by atoms with van der Waals surface area (Å²) in [4.78, 5) is 16.0. The van der Waals surface area contributed by atoms with Gasteiger partial charge in [0.05, 0.1) is 7.11 Å². The second-order valence-corrected chi connectivity index (χ2v) is 4.13. The summed E-state index contributed by atoms with van der Waals surface area (Å²) in [6.07, 6.45) is 2.27. The van der Waals surface area contributed by atoms with E-state index >= 15 is 0 Å². The van der Waals surface area contributed by atoms with Gasteiger partial charge in [0.15, 0.2) is 0 Å². The number of nitrogens with one attached hydrogen (secondary N) is 1. The number of ether oxygens (including phenoxy) is 1. The third-order valence-corrected chi connectivity index (χ3v) is 2.85. The molecule has 5 nitrogen and oxygen atoms in total. The molecule has 88 valence electrons. The summed E-state index contributed by atoms with van der Waals surface area (Å²) >= 11 is 0. The molecule has 1 unspecified atom stereocenters. The van der Waals surface area contributed by atoms with Crippen molar-refractivity contribution in [3.05, 3.63) is 22.1 Å². The van der Waals surface area contributed by atoms with E-state index in [0.29, 0.717) is 24.3 Å². The minimum atomic E-state index is -0.0435. The molecule has 0 aliphatic carbocycles. The normalized spacial score (nSPS) is 20.0. The molecule has 1 atom stereocenters. The van der Waals surface area contributed by atoms with Gasteiger partial charge in [-0.1, -0.05) is 0 Å². The van der Waals surface area contributed by atoms with Gasteiger partial charge in [-0.25, -0.2) is 4.98 Å². The number of nitrogens with zero attached hydrogens (tertiary/aromatic N) is 2. The Labute approximate surface area is 94.5 Å². The number of hydrogen-bond donors (Lipinski definition) is 1. The Balaban J connectivity index is 2.27. The third kappa shape index (κ3) is 2.24. The molecule has 0 spiro atoms. The standard InChI is InChI=1S/C11H17N3O2/c1-8-6-10(15)14(11(13-8)16-2)7-9-4-3-5-12-9/h6,9,12H,3-5,7H2,1-2H3. The van der Waals surface area contributed by atoms with E-state index in [-0.39, 0.29) is 5.56 Å². The summed E-state index contributed by atoms with van der Waals surface area (Å²) in [7, 11) is 1.54. The van der Waals surface area contributed by atoms with E-state index in [2.05, 4.69) is 10.3 Å². The van der Waals surface area contributed by atoms with Crippen molar-refractivity contribution in [2.75, 3.05) is 13.7 Å². The van der Waals surface area contributed by atoms with E-state index in [0.717, 1.165) is 13.0 Å². The maximum atomic E-state index is 11.8. The quantitative estimate of drug-likeness (QED) is 0.801. The first kappa shape index (κ1) is 11.1. The summed E-state index contributed by atoms with van der Waals surface area (Å²) in [5.41, 5.74) is 0.649. The van der Waals surface area contributed by atoms with Crippen LogP contribution < -0.4 is 15.6 Å². The number of methoxy groups -OCH3 is 1. The number of rotatable bonds is 3. The molecule has 0 saturated carbocycles. The van der Waals surface area contributed by atoms with Crippen molar-refractivity contribution in [1.82, 2.24) is 14.9 Å². The zero-order valence-corrected chi connectivity index (χ0v) is 9.69. The Morgan fingerprint density at radius 2 is 2.50 bits per heavy atom. The highest BCUT2D eigenvalue weighted by atomic mass is 16.5. The van der Waals surface area contributed by atoms with Crippen molar-refractivity contribution in [2.24, 2.45) is 0 Å². The Kier molecular flexibility index (Phi) is 3.24. The lowest BCUT2D eigenvalue weighted by molar-refractivity contribution is 0.332. The summed E-state index contributed by atoms with van der Waals surface area (Å²) in [5.74, 6) is 0. The molecule has 0 bridgehead atoms. The number of aryl methyl sites for hydroxylation is 1. The van der Waals surface area contributed by atoms with Crippen molar-refractivity contribution in [2.45, 2.75) is 32.4 Å². The van der Waals surface area contributed by atoms with Gasteiger partial charge in [-0.3, -0.25) is 9.36 Å². The van der Waals surface area contributed by atoms with Gasteiger partial charge in [0, 0.05) is 24.3 Å². The molecular weight excluding hydrogens is 206 g/mol. The van der Waals surface area contributed by atoms with Crippen molar-refractivity contribution < 1.29 is 4.74 Å². The van der Waals surface area contributed by atoms with Crippen molar-refractivity contribution in [1.29, 1.82) is 0 Å². The van der Waals surface area contributed by atoms with Crippen LogP contribution in [0.25, 0.3) is 0 Å². The summed E-state index contributed by atoms with van der Waals surface area (Å²) in [6, 6.07) is 2.30. The Morgan fingerprint density at radius 3 is 3.12 bits per heavy atom. The Bertz CT molecular complexity index is 422. The van der Waals surface area contributed by atoms with Gasteiger partial charge >= 0.3 is 0 Å². The van der Waals surface area contributed by atoms with Crippen molar-refractivity contribution in [3.8, 4) is 6.01 Å². The van der Waals surface area contributed by atoms with Crippen molar-refractivity contribution in [3.63, 3.8) is 0 Å². The van der Waals surface area contributed by atoms with Gasteiger partial charge in [-0.15, -0.1) is 0 Å². The summed E-state index contributed by atoms with van der Waals surface area (Å²) in [5, 5.41) is 3.36. The number of aromatic nitrogens is 2.